The molecule has 0 aromatic carbocycles. The Hall–Kier alpha value is -1.36. The van der Waals surface area contributed by atoms with Crippen LogP contribution in [0, 0.1) is 0 Å². The van der Waals surface area contributed by atoms with Crippen LogP contribution in [0.25, 0.3) is 0 Å². The topological polar surface area (TPSA) is 64.1 Å². The molecule has 1 amide bonds. The first kappa shape index (κ1) is 11.1. The van der Waals surface area contributed by atoms with Crippen LogP contribution in [0.4, 0.5) is 0 Å². The van der Waals surface area contributed by atoms with Gasteiger partial charge in [-0.15, -0.1) is 0 Å². The van der Waals surface area contributed by atoms with E-state index in [2.05, 4.69) is 4.98 Å². The lowest BCUT2D eigenvalue weighted by Gasteiger charge is -2.15. The highest BCUT2D eigenvalue weighted by Crippen LogP contribution is 2.09. The second-order valence-corrected chi connectivity index (χ2v) is 4.12. The monoisotopic (exact) mass is 222 g/mol. The number of carbonyl (C=O) groups is 1. The van der Waals surface area contributed by atoms with E-state index in [1.165, 1.54) is 0 Å². The molecule has 0 bridgehead atoms. The van der Waals surface area contributed by atoms with E-state index in [0.717, 1.165) is 31.6 Å². The van der Waals surface area contributed by atoms with Crippen LogP contribution in [-0.2, 0) is 17.9 Å². The molecule has 1 aliphatic heterocycles. The van der Waals surface area contributed by atoms with Gasteiger partial charge < -0.3 is 15.2 Å². The molecule has 0 radical (unpaired) electrons. The first-order chi connectivity index (χ1) is 7.81. The molecule has 1 saturated heterocycles. The lowest BCUT2D eigenvalue weighted by molar-refractivity contribution is -0.130. The zero-order chi connectivity index (χ0) is 11.4. The van der Waals surface area contributed by atoms with E-state index in [1.54, 1.807) is 12.5 Å². The number of carbonyl (C=O) groups excluding carboxylic acids is 1. The van der Waals surface area contributed by atoms with Gasteiger partial charge in [-0.25, -0.2) is 4.98 Å². The summed E-state index contributed by atoms with van der Waals surface area (Å²) in [6.45, 7) is 3.00. The molecule has 2 rings (SSSR count). The maximum atomic E-state index is 11.8. The minimum Gasteiger partial charge on any atom is -0.343 e. The average Bonchev–Trinajstić information content (AvgIpc) is 2.96. The normalized spacial score (nSPS) is 15.7. The highest BCUT2D eigenvalue weighted by atomic mass is 16.2. The van der Waals surface area contributed by atoms with Gasteiger partial charge in [-0.1, -0.05) is 0 Å². The molecule has 16 heavy (non-hydrogen) atoms. The maximum absolute atomic E-state index is 11.8. The molecule has 88 valence electrons. The highest BCUT2D eigenvalue weighted by molar-refractivity contribution is 5.76. The SMILES string of the molecule is NCc1cncn1CCC(=O)N1CCCC1. The molecule has 1 aromatic rings. The molecular weight excluding hydrogens is 204 g/mol. The number of imidazole rings is 1. The summed E-state index contributed by atoms with van der Waals surface area (Å²) in [6, 6.07) is 0. The second kappa shape index (κ2) is 5.12. The van der Waals surface area contributed by atoms with E-state index in [-0.39, 0.29) is 5.91 Å². The summed E-state index contributed by atoms with van der Waals surface area (Å²) in [5.41, 5.74) is 6.55. The smallest absolute Gasteiger partial charge is 0.224 e. The Morgan fingerprint density at radius 3 is 2.88 bits per heavy atom. The van der Waals surface area contributed by atoms with Crippen molar-refractivity contribution in [3.8, 4) is 0 Å². The van der Waals surface area contributed by atoms with Gasteiger partial charge in [-0.05, 0) is 12.8 Å². The Morgan fingerprint density at radius 1 is 1.44 bits per heavy atom. The molecular formula is C11H18N4O. The fourth-order valence-corrected chi connectivity index (χ4v) is 2.06. The van der Waals surface area contributed by atoms with Gasteiger partial charge in [0, 0.05) is 38.8 Å². The van der Waals surface area contributed by atoms with Crippen LogP contribution in [0.1, 0.15) is 25.0 Å². The van der Waals surface area contributed by atoms with Gasteiger partial charge in [-0.2, -0.15) is 0 Å². The van der Waals surface area contributed by atoms with Crippen molar-refractivity contribution >= 4 is 5.91 Å². The minimum atomic E-state index is 0.245. The third kappa shape index (κ3) is 2.41. The van der Waals surface area contributed by atoms with Crippen LogP contribution in [0.3, 0.4) is 0 Å². The predicted molar refractivity (Wildman–Crippen MR) is 60.5 cm³/mol. The van der Waals surface area contributed by atoms with E-state index < -0.39 is 0 Å². The zero-order valence-corrected chi connectivity index (χ0v) is 9.43. The van der Waals surface area contributed by atoms with E-state index in [9.17, 15) is 4.79 Å². The van der Waals surface area contributed by atoms with Gasteiger partial charge >= 0.3 is 0 Å². The van der Waals surface area contributed by atoms with Crippen molar-refractivity contribution in [2.45, 2.75) is 32.4 Å². The largest absolute Gasteiger partial charge is 0.343 e. The van der Waals surface area contributed by atoms with Crippen molar-refractivity contribution in [1.82, 2.24) is 14.5 Å². The van der Waals surface area contributed by atoms with Crippen LogP contribution in [0.2, 0.25) is 0 Å². The maximum Gasteiger partial charge on any atom is 0.224 e. The summed E-state index contributed by atoms with van der Waals surface area (Å²) in [4.78, 5) is 17.8. The van der Waals surface area contributed by atoms with Gasteiger partial charge in [0.1, 0.15) is 0 Å². The van der Waals surface area contributed by atoms with Crippen LogP contribution < -0.4 is 5.73 Å². The molecule has 0 aliphatic carbocycles. The number of amides is 1. The molecule has 5 heteroatoms. The number of nitrogens with two attached hydrogens (primary N) is 1. The average molecular weight is 222 g/mol. The standard InChI is InChI=1S/C11H18N4O/c12-7-10-8-13-9-15(10)6-3-11(16)14-4-1-2-5-14/h8-9H,1-7,12H2. The van der Waals surface area contributed by atoms with Crippen molar-refractivity contribution in [2.24, 2.45) is 5.73 Å². The lowest BCUT2D eigenvalue weighted by atomic mass is 10.3. The molecule has 1 aromatic heterocycles. The molecule has 0 spiro atoms. The third-order valence-corrected chi connectivity index (χ3v) is 3.03. The number of nitrogens with zero attached hydrogens (tertiary/aromatic N) is 3. The fourth-order valence-electron chi connectivity index (χ4n) is 2.06. The quantitative estimate of drug-likeness (QED) is 0.799. The first-order valence-electron chi connectivity index (χ1n) is 5.78. The van der Waals surface area contributed by atoms with Crippen LogP contribution in [0.5, 0.6) is 0 Å². The second-order valence-electron chi connectivity index (χ2n) is 4.12. The number of aryl methyl sites for hydroxylation is 1. The number of hydrogen-bond donors (Lipinski definition) is 1. The molecule has 5 nitrogen and oxygen atoms in total. The van der Waals surface area contributed by atoms with E-state index in [0.29, 0.717) is 19.5 Å². The lowest BCUT2D eigenvalue weighted by Crippen LogP contribution is -2.28. The summed E-state index contributed by atoms with van der Waals surface area (Å²) in [6.07, 6.45) is 6.32. The van der Waals surface area contributed by atoms with Gasteiger partial charge in [0.15, 0.2) is 0 Å². The first-order valence-corrected chi connectivity index (χ1v) is 5.78. The minimum absolute atomic E-state index is 0.245. The van der Waals surface area contributed by atoms with Crippen molar-refractivity contribution in [2.75, 3.05) is 13.1 Å². The Labute approximate surface area is 95.2 Å². The van der Waals surface area contributed by atoms with E-state index in [1.807, 2.05) is 9.47 Å². The third-order valence-electron chi connectivity index (χ3n) is 3.03. The Balaban J connectivity index is 1.84. The Bertz CT molecular complexity index is 355. The summed E-state index contributed by atoms with van der Waals surface area (Å²) in [7, 11) is 0. The van der Waals surface area contributed by atoms with Gasteiger partial charge in [-0.3, -0.25) is 4.79 Å². The number of rotatable bonds is 4. The van der Waals surface area contributed by atoms with Crippen molar-refractivity contribution in [3.63, 3.8) is 0 Å². The van der Waals surface area contributed by atoms with Gasteiger partial charge in [0.05, 0.1) is 12.0 Å². The number of aromatic nitrogens is 2. The fraction of sp³-hybridized carbons (Fsp3) is 0.636. The molecule has 1 fully saturated rings. The summed E-state index contributed by atoms with van der Waals surface area (Å²) < 4.78 is 1.95. The molecule has 0 unspecified atom stereocenters. The van der Waals surface area contributed by atoms with Crippen LogP contribution in [0.15, 0.2) is 12.5 Å². The van der Waals surface area contributed by atoms with Crippen molar-refractivity contribution < 1.29 is 4.79 Å². The Morgan fingerprint density at radius 2 is 2.19 bits per heavy atom. The van der Waals surface area contributed by atoms with Gasteiger partial charge in [0.25, 0.3) is 0 Å². The molecule has 0 atom stereocenters. The van der Waals surface area contributed by atoms with E-state index >= 15 is 0 Å². The molecule has 2 N–H and O–H groups in total. The van der Waals surface area contributed by atoms with Gasteiger partial charge in [0.2, 0.25) is 5.91 Å². The van der Waals surface area contributed by atoms with Crippen molar-refractivity contribution in [1.29, 1.82) is 0 Å². The number of likely N-dealkylation sites (tertiary alicyclic amines) is 1. The molecule has 1 aliphatic rings. The molecule has 2 heterocycles. The van der Waals surface area contributed by atoms with Crippen LogP contribution >= 0.6 is 0 Å². The molecule has 0 saturated carbocycles. The zero-order valence-electron chi connectivity index (χ0n) is 9.43. The Kier molecular flexibility index (Phi) is 3.56. The van der Waals surface area contributed by atoms with Crippen molar-refractivity contribution in [3.05, 3.63) is 18.2 Å². The van der Waals surface area contributed by atoms with E-state index in [4.69, 9.17) is 5.73 Å². The summed E-state index contributed by atoms with van der Waals surface area (Å²) >= 11 is 0. The number of hydrogen-bond acceptors (Lipinski definition) is 3. The summed E-state index contributed by atoms with van der Waals surface area (Å²) in [5.74, 6) is 0.245. The van der Waals surface area contributed by atoms with Crippen LogP contribution in [-0.4, -0.2) is 33.4 Å². The predicted octanol–water partition coefficient (Wildman–Crippen LogP) is 0.354. The summed E-state index contributed by atoms with van der Waals surface area (Å²) in [5, 5.41) is 0. The highest BCUT2D eigenvalue weighted by Gasteiger charge is 2.17.